The van der Waals surface area contributed by atoms with Gasteiger partial charge in [-0.2, -0.15) is 0 Å². The Morgan fingerprint density at radius 2 is 1.33 bits per heavy atom. The molecule has 2 aliphatic heterocycles. The smallest absolute Gasteiger partial charge is 0.186 e. The quantitative estimate of drug-likeness (QED) is 0.114. The van der Waals surface area contributed by atoms with Crippen molar-refractivity contribution in [1.29, 1.82) is 0 Å². The van der Waals surface area contributed by atoms with Crippen LogP contribution in [0, 0.1) is 50.7 Å². The number of rotatable bonds is 10. The lowest BCUT2D eigenvalue weighted by molar-refractivity contribution is -0.329. The Kier molecular flexibility index (Phi) is 11.4. The van der Waals surface area contributed by atoms with Gasteiger partial charge in [0.25, 0.3) is 0 Å². The van der Waals surface area contributed by atoms with E-state index in [-0.39, 0.29) is 51.4 Å². The molecule has 0 aromatic rings. The van der Waals surface area contributed by atoms with Gasteiger partial charge in [-0.3, -0.25) is 0 Å². The van der Waals surface area contributed by atoms with E-state index in [0.717, 1.165) is 38.5 Å². The second-order valence-corrected chi connectivity index (χ2v) is 20.3. The molecule has 0 amide bonds. The Balaban J connectivity index is 1.17. The Morgan fingerprint density at radius 1 is 0.745 bits per heavy atom. The molecule has 0 radical (unpaired) electrons. The van der Waals surface area contributed by atoms with E-state index in [1.807, 2.05) is 0 Å². The van der Waals surface area contributed by atoms with Crippen LogP contribution in [0.25, 0.3) is 0 Å². The van der Waals surface area contributed by atoms with Crippen LogP contribution in [-0.2, 0) is 18.9 Å². The third-order valence-corrected chi connectivity index (χ3v) is 17.1. The lowest BCUT2D eigenvalue weighted by Crippen LogP contribution is -2.63. The third kappa shape index (κ3) is 6.27. The van der Waals surface area contributed by atoms with Crippen molar-refractivity contribution in [1.82, 2.24) is 0 Å². The van der Waals surface area contributed by atoms with Crippen molar-refractivity contribution in [3.8, 4) is 0 Å². The fraction of sp³-hybridized carbons (Fsp3) is 0.952. The van der Waals surface area contributed by atoms with Crippen molar-refractivity contribution in [3.05, 3.63) is 11.6 Å². The van der Waals surface area contributed by atoms with E-state index in [1.165, 1.54) is 5.57 Å². The Hall–Kier alpha value is -0.780. The zero-order valence-corrected chi connectivity index (χ0v) is 33.8. The summed E-state index contributed by atoms with van der Waals surface area (Å²) >= 11 is 0. The van der Waals surface area contributed by atoms with E-state index in [4.69, 9.17) is 18.9 Å². The van der Waals surface area contributed by atoms with Gasteiger partial charge in [0, 0.05) is 0 Å². The number of aliphatic hydroxyl groups excluding tert-OH is 9. The molecule has 0 aromatic carbocycles. The fourth-order valence-electron chi connectivity index (χ4n) is 14.3. The monoisotopic (exact) mass is 782 g/mol. The van der Waals surface area contributed by atoms with Gasteiger partial charge in [-0.05, 0) is 122 Å². The molecule has 316 valence electrons. The molecule has 5 saturated carbocycles. The first-order chi connectivity index (χ1) is 25.7. The van der Waals surface area contributed by atoms with Crippen LogP contribution in [0.5, 0.6) is 0 Å². The number of fused-ring (bicyclic) bond motifs is 2. The molecule has 55 heavy (non-hydrogen) atoms. The summed E-state index contributed by atoms with van der Waals surface area (Å²) in [7, 11) is 0. The van der Waals surface area contributed by atoms with Crippen molar-refractivity contribution in [2.24, 2.45) is 50.7 Å². The van der Waals surface area contributed by atoms with E-state index in [0.29, 0.717) is 19.3 Å². The number of aliphatic hydroxyl groups is 9. The molecular formula is C42H70O13. The minimum atomic E-state index is -1.53. The van der Waals surface area contributed by atoms with E-state index in [9.17, 15) is 46.0 Å². The van der Waals surface area contributed by atoms with Gasteiger partial charge in [-0.15, -0.1) is 0 Å². The molecule has 2 saturated heterocycles. The van der Waals surface area contributed by atoms with Gasteiger partial charge in [0.2, 0.25) is 0 Å². The van der Waals surface area contributed by atoms with E-state index in [1.54, 1.807) is 0 Å². The number of allylic oxidation sites excluding steroid dienone is 2. The second-order valence-electron chi connectivity index (χ2n) is 20.3. The van der Waals surface area contributed by atoms with Crippen LogP contribution in [0.4, 0.5) is 0 Å². The van der Waals surface area contributed by atoms with Gasteiger partial charge >= 0.3 is 0 Å². The molecule has 7 rings (SSSR count). The first-order valence-corrected chi connectivity index (χ1v) is 21.0. The van der Waals surface area contributed by atoms with Crippen LogP contribution in [0.2, 0.25) is 0 Å². The number of hydrogen-bond donors (Lipinski definition) is 9. The lowest BCUT2D eigenvalue weighted by atomic mass is 9.41. The molecule has 0 unspecified atom stereocenters. The van der Waals surface area contributed by atoms with E-state index >= 15 is 0 Å². The van der Waals surface area contributed by atoms with Gasteiger partial charge in [0.15, 0.2) is 12.6 Å². The third-order valence-electron chi connectivity index (χ3n) is 17.1. The predicted octanol–water partition coefficient (Wildman–Crippen LogP) is 1.76. The average molecular weight is 783 g/mol. The first kappa shape index (κ1) is 42.3. The second kappa shape index (κ2) is 14.7. The van der Waals surface area contributed by atoms with Gasteiger partial charge < -0.3 is 64.9 Å². The average Bonchev–Trinajstić information content (AvgIpc) is 3.71. The van der Waals surface area contributed by atoms with E-state index in [2.05, 4.69) is 54.5 Å². The molecule has 21 atom stereocenters. The summed E-state index contributed by atoms with van der Waals surface area (Å²) < 4.78 is 24.9. The molecular weight excluding hydrogens is 712 g/mol. The highest BCUT2D eigenvalue weighted by atomic mass is 16.7. The fourth-order valence-corrected chi connectivity index (χ4v) is 14.3. The minimum Gasteiger partial charge on any atom is -0.394 e. The maximum atomic E-state index is 12.4. The van der Waals surface area contributed by atoms with Crippen LogP contribution >= 0.6 is 0 Å². The van der Waals surface area contributed by atoms with E-state index < -0.39 is 92.2 Å². The van der Waals surface area contributed by atoms with Crippen molar-refractivity contribution in [3.63, 3.8) is 0 Å². The molecule has 13 heteroatoms. The van der Waals surface area contributed by atoms with Crippen molar-refractivity contribution in [2.75, 3.05) is 13.2 Å². The van der Waals surface area contributed by atoms with Gasteiger partial charge in [-0.25, -0.2) is 0 Å². The van der Waals surface area contributed by atoms with Crippen LogP contribution < -0.4 is 0 Å². The molecule has 0 bridgehead atoms. The summed E-state index contributed by atoms with van der Waals surface area (Å²) in [5.74, 6) is 0.431. The summed E-state index contributed by atoms with van der Waals surface area (Å²) in [6.07, 6.45) is -5.00. The van der Waals surface area contributed by atoms with Gasteiger partial charge in [0.05, 0.1) is 31.5 Å². The van der Waals surface area contributed by atoms with Gasteiger partial charge in [0.1, 0.15) is 48.8 Å². The number of ether oxygens (including phenoxy) is 4. The molecule has 9 N–H and O–H groups in total. The molecule has 13 nitrogen and oxygen atoms in total. The zero-order valence-electron chi connectivity index (χ0n) is 33.8. The molecule has 2 spiro atoms. The number of hydrogen-bond acceptors (Lipinski definition) is 13. The van der Waals surface area contributed by atoms with Crippen molar-refractivity contribution < 1.29 is 64.9 Å². The SMILES string of the molecule is CC(C)=CCC[C@@H](C)[C@H]1[C@@H](O[C@@H]2O[C@H](CO)[C@@H](O)[C@H](O)[C@H]2O)C[C@@]2(C)[C@@H]3C[C@H](O)[C@H]4C(C)(C)[C@@H](O[C@@H]5O[C@H](CO)[C@@H](O)[C@H](O)[C@H]5O)CC[C@@]45C[C@@]35CC[C@]12C. The van der Waals surface area contributed by atoms with Gasteiger partial charge in [-0.1, -0.05) is 46.3 Å². The topological polar surface area (TPSA) is 219 Å². The summed E-state index contributed by atoms with van der Waals surface area (Å²) in [6, 6.07) is 0. The Morgan fingerprint density at radius 3 is 1.89 bits per heavy atom. The lowest BCUT2D eigenvalue weighted by Gasteiger charge is -2.64. The van der Waals surface area contributed by atoms with Crippen LogP contribution in [0.1, 0.15) is 106 Å². The Labute approximate surface area is 326 Å². The summed E-state index contributed by atoms with van der Waals surface area (Å²) in [4.78, 5) is 0. The molecule has 5 aliphatic carbocycles. The molecule has 7 aliphatic rings. The van der Waals surface area contributed by atoms with Crippen LogP contribution in [0.3, 0.4) is 0 Å². The zero-order chi connectivity index (χ0) is 40.2. The maximum absolute atomic E-state index is 12.4. The summed E-state index contributed by atoms with van der Waals surface area (Å²) in [5, 5.41) is 96.0. The largest absolute Gasteiger partial charge is 0.394 e. The maximum Gasteiger partial charge on any atom is 0.186 e. The normalized spacial score (nSPS) is 54.7. The van der Waals surface area contributed by atoms with Crippen LogP contribution in [0.15, 0.2) is 11.6 Å². The highest BCUT2D eigenvalue weighted by molar-refractivity contribution is 5.32. The highest BCUT2D eigenvalue weighted by Gasteiger charge is 2.84. The summed E-state index contributed by atoms with van der Waals surface area (Å²) in [6.45, 7) is 14.5. The minimum absolute atomic E-state index is 0.00438. The molecule has 7 fully saturated rings. The summed E-state index contributed by atoms with van der Waals surface area (Å²) in [5.41, 5.74) is 0.205. The van der Waals surface area contributed by atoms with Crippen molar-refractivity contribution >= 4 is 0 Å². The standard InChI is InChI=1S/C42H70O13/c1-20(2)9-8-10-21(3)28-23(52-36-33(50)31(48)29(46)24(17-43)53-36)16-40(7)26-15-22(45)35-38(4,5)27(55-37-34(51)32(49)30(47)25(18-44)54-37)11-12-42(35)19-41(26,42)14-13-39(28,40)6/h9,21-37,43-51H,8,10-19H2,1-7H3/t21-,22+,23+,24-,25-,26+,27+,28+,29-,30-,31+,32+,33-,34-,35+,36-,37+,39-,40+,41+,42-/m1/s1. The molecule has 2 heterocycles. The predicted molar refractivity (Wildman–Crippen MR) is 199 cm³/mol. The van der Waals surface area contributed by atoms with Crippen molar-refractivity contribution in [2.45, 2.75) is 186 Å². The molecule has 0 aromatic heterocycles. The highest BCUT2D eigenvalue weighted by Crippen LogP contribution is 2.89. The Bertz CT molecular complexity index is 1420. The van der Waals surface area contributed by atoms with Crippen LogP contribution in [-0.4, -0.2) is 139 Å². The first-order valence-electron chi connectivity index (χ1n) is 21.0.